The van der Waals surface area contributed by atoms with Gasteiger partial charge in [-0.05, 0) is 6.42 Å². The maximum Gasteiger partial charge on any atom is 0.315 e. The molecule has 0 aliphatic rings. The third-order valence-electron chi connectivity index (χ3n) is 1.81. The van der Waals surface area contributed by atoms with Gasteiger partial charge >= 0.3 is 5.97 Å². The van der Waals surface area contributed by atoms with Gasteiger partial charge in [-0.25, -0.2) is 0 Å². The molecule has 1 atom stereocenters. The zero-order valence-electron chi connectivity index (χ0n) is 7.99. The van der Waals surface area contributed by atoms with E-state index in [-0.39, 0.29) is 6.54 Å². The summed E-state index contributed by atoms with van der Waals surface area (Å²) in [5.74, 6) is -1.06. The van der Waals surface area contributed by atoms with Crippen molar-refractivity contribution < 1.29 is 14.5 Å². The molecule has 0 rings (SSSR count). The van der Waals surface area contributed by atoms with Crippen molar-refractivity contribution in [3.05, 3.63) is 10.1 Å². The van der Waals surface area contributed by atoms with Crippen LogP contribution in [0.2, 0.25) is 0 Å². The quantitative estimate of drug-likeness (QED) is 0.358. The van der Waals surface area contributed by atoms with Gasteiger partial charge in [0.15, 0.2) is 0 Å². The van der Waals surface area contributed by atoms with Gasteiger partial charge in [0.25, 0.3) is 0 Å². The summed E-state index contributed by atoms with van der Waals surface area (Å²) in [5, 5.41) is 10.2. The molecule has 0 amide bonds. The van der Waals surface area contributed by atoms with E-state index in [1.54, 1.807) is 0 Å². The van der Waals surface area contributed by atoms with Gasteiger partial charge in [-0.2, -0.15) is 0 Å². The molecule has 0 aromatic heterocycles. The van der Waals surface area contributed by atoms with Crippen LogP contribution in [-0.2, 0) is 9.53 Å². The van der Waals surface area contributed by atoms with Gasteiger partial charge in [0.2, 0.25) is 6.54 Å². The molecule has 0 radical (unpaired) electrons. The highest BCUT2D eigenvalue weighted by Crippen LogP contribution is 2.10. The number of hydrogen-bond acceptors (Lipinski definition) is 4. The highest BCUT2D eigenvalue weighted by molar-refractivity contribution is 5.72. The Morgan fingerprint density at radius 3 is 2.62 bits per heavy atom. The maximum atomic E-state index is 11.0. The number of esters is 1. The van der Waals surface area contributed by atoms with Crippen molar-refractivity contribution in [2.45, 2.75) is 26.2 Å². The van der Waals surface area contributed by atoms with Gasteiger partial charge in [0, 0.05) is 4.92 Å². The third-order valence-corrected chi connectivity index (χ3v) is 1.81. The Labute approximate surface area is 77.2 Å². The average Bonchev–Trinajstić information content (AvgIpc) is 2.10. The SMILES string of the molecule is CCCCC(C[N+](=O)[O-])C(=O)OC. The predicted molar refractivity (Wildman–Crippen MR) is 46.9 cm³/mol. The summed E-state index contributed by atoms with van der Waals surface area (Å²) in [6, 6.07) is 0. The number of carbonyl (C=O) groups excluding carboxylic acids is 1. The van der Waals surface area contributed by atoms with Crippen LogP contribution in [0.25, 0.3) is 0 Å². The van der Waals surface area contributed by atoms with Crippen LogP contribution in [0.5, 0.6) is 0 Å². The summed E-state index contributed by atoms with van der Waals surface area (Å²) in [5.41, 5.74) is 0. The maximum absolute atomic E-state index is 11.0. The lowest BCUT2D eigenvalue weighted by molar-refractivity contribution is -0.486. The summed E-state index contributed by atoms with van der Waals surface area (Å²) >= 11 is 0. The van der Waals surface area contributed by atoms with E-state index < -0.39 is 16.8 Å². The largest absolute Gasteiger partial charge is 0.469 e. The van der Waals surface area contributed by atoms with Crippen molar-refractivity contribution in [3.63, 3.8) is 0 Å². The average molecular weight is 189 g/mol. The second kappa shape index (κ2) is 6.39. The normalized spacial score (nSPS) is 12.2. The van der Waals surface area contributed by atoms with E-state index in [9.17, 15) is 14.9 Å². The molecule has 13 heavy (non-hydrogen) atoms. The molecule has 5 nitrogen and oxygen atoms in total. The van der Waals surface area contributed by atoms with E-state index >= 15 is 0 Å². The highest BCUT2D eigenvalue weighted by Gasteiger charge is 2.23. The Bertz CT molecular complexity index is 181. The minimum Gasteiger partial charge on any atom is -0.469 e. The second-order valence-electron chi connectivity index (χ2n) is 2.88. The summed E-state index contributed by atoms with van der Waals surface area (Å²) in [6.45, 7) is 1.65. The van der Waals surface area contributed by atoms with Gasteiger partial charge in [0.05, 0.1) is 7.11 Å². The number of rotatable bonds is 6. The van der Waals surface area contributed by atoms with E-state index in [1.807, 2.05) is 6.92 Å². The molecule has 0 fully saturated rings. The summed E-state index contributed by atoms with van der Waals surface area (Å²) in [6.07, 6.45) is 2.27. The molecule has 0 aliphatic heterocycles. The lowest BCUT2D eigenvalue weighted by Crippen LogP contribution is -2.24. The van der Waals surface area contributed by atoms with Gasteiger partial charge < -0.3 is 4.74 Å². The molecule has 0 spiro atoms. The van der Waals surface area contributed by atoms with Crippen LogP contribution in [0.3, 0.4) is 0 Å². The number of unbranched alkanes of at least 4 members (excludes halogenated alkanes) is 1. The Kier molecular flexibility index (Phi) is 5.84. The third kappa shape index (κ3) is 5.16. The molecule has 0 saturated carbocycles. The fourth-order valence-electron chi connectivity index (χ4n) is 1.08. The van der Waals surface area contributed by atoms with Crippen LogP contribution in [0.1, 0.15) is 26.2 Å². The van der Waals surface area contributed by atoms with Gasteiger partial charge in [-0.1, -0.05) is 19.8 Å². The van der Waals surface area contributed by atoms with Crippen molar-refractivity contribution in [1.29, 1.82) is 0 Å². The van der Waals surface area contributed by atoms with Crippen LogP contribution in [0, 0.1) is 16.0 Å². The number of nitrogens with zero attached hydrogens (tertiary/aromatic N) is 1. The Morgan fingerprint density at radius 2 is 2.23 bits per heavy atom. The second-order valence-corrected chi connectivity index (χ2v) is 2.88. The summed E-state index contributed by atoms with van der Waals surface area (Å²) in [4.78, 5) is 20.7. The lowest BCUT2D eigenvalue weighted by atomic mass is 10.0. The topological polar surface area (TPSA) is 69.4 Å². The van der Waals surface area contributed by atoms with Gasteiger partial charge in [-0.15, -0.1) is 0 Å². The molecular formula is C8H15NO4. The standard InChI is InChI=1S/C8H15NO4/c1-3-4-5-7(6-9(11)12)8(10)13-2/h7H,3-6H2,1-2H3. The van der Waals surface area contributed by atoms with Gasteiger partial charge in [-0.3, -0.25) is 14.9 Å². The molecule has 0 aromatic carbocycles. The van der Waals surface area contributed by atoms with Crippen LogP contribution in [0.4, 0.5) is 0 Å². The first-order valence-corrected chi connectivity index (χ1v) is 4.31. The molecular weight excluding hydrogens is 174 g/mol. The molecule has 0 heterocycles. The Hall–Kier alpha value is -1.13. The van der Waals surface area contributed by atoms with Crippen LogP contribution in [0.15, 0.2) is 0 Å². The molecule has 0 N–H and O–H groups in total. The molecule has 0 aliphatic carbocycles. The summed E-state index contributed by atoms with van der Waals surface area (Å²) in [7, 11) is 1.25. The molecule has 0 aromatic rings. The van der Waals surface area contributed by atoms with Crippen molar-refractivity contribution >= 4 is 5.97 Å². The fourth-order valence-corrected chi connectivity index (χ4v) is 1.08. The molecule has 0 saturated heterocycles. The van der Waals surface area contributed by atoms with Crippen LogP contribution < -0.4 is 0 Å². The number of methoxy groups -OCH3 is 1. The Balaban J connectivity index is 4.02. The molecule has 0 bridgehead atoms. The zero-order chi connectivity index (χ0) is 10.3. The first kappa shape index (κ1) is 11.9. The Morgan fingerprint density at radius 1 is 1.62 bits per heavy atom. The van der Waals surface area contributed by atoms with Crippen LogP contribution in [-0.4, -0.2) is 24.5 Å². The van der Waals surface area contributed by atoms with Crippen molar-refractivity contribution in [2.24, 2.45) is 5.92 Å². The molecule has 5 heteroatoms. The van der Waals surface area contributed by atoms with Crippen molar-refractivity contribution in [2.75, 3.05) is 13.7 Å². The minimum absolute atomic E-state index is 0.327. The van der Waals surface area contributed by atoms with Crippen molar-refractivity contribution in [3.8, 4) is 0 Å². The number of nitro groups is 1. The monoisotopic (exact) mass is 189 g/mol. The number of carbonyl (C=O) groups is 1. The van der Waals surface area contributed by atoms with Gasteiger partial charge in [0.1, 0.15) is 5.92 Å². The minimum atomic E-state index is -0.583. The van der Waals surface area contributed by atoms with E-state index in [2.05, 4.69) is 4.74 Å². The number of ether oxygens (including phenoxy) is 1. The molecule has 1 unspecified atom stereocenters. The fraction of sp³-hybridized carbons (Fsp3) is 0.875. The predicted octanol–water partition coefficient (Wildman–Crippen LogP) is 1.24. The van der Waals surface area contributed by atoms with E-state index in [4.69, 9.17) is 0 Å². The smallest absolute Gasteiger partial charge is 0.315 e. The first-order valence-electron chi connectivity index (χ1n) is 4.31. The first-order chi connectivity index (χ1) is 6.11. The van der Waals surface area contributed by atoms with Crippen molar-refractivity contribution in [1.82, 2.24) is 0 Å². The molecule has 76 valence electrons. The van der Waals surface area contributed by atoms with E-state index in [0.29, 0.717) is 6.42 Å². The zero-order valence-corrected chi connectivity index (χ0v) is 7.99. The number of hydrogen-bond donors (Lipinski definition) is 0. The lowest BCUT2D eigenvalue weighted by Gasteiger charge is -2.08. The summed E-state index contributed by atoms with van der Waals surface area (Å²) < 4.78 is 4.47. The van der Waals surface area contributed by atoms with Crippen LogP contribution >= 0.6 is 0 Å². The van der Waals surface area contributed by atoms with E-state index in [1.165, 1.54) is 7.11 Å². The van der Waals surface area contributed by atoms with E-state index in [0.717, 1.165) is 12.8 Å². The highest BCUT2D eigenvalue weighted by atomic mass is 16.6.